The number of anilines is 1. The maximum absolute atomic E-state index is 10.9. The van der Waals surface area contributed by atoms with Crippen molar-refractivity contribution in [1.82, 2.24) is 0 Å². The monoisotopic (exact) mass is 205 g/mol. The molecule has 1 amide bonds. The number of amides is 1. The maximum Gasteiger partial charge on any atom is 0.221 e. The van der Waals surface area contributed by atoms with Gasteiger partial charge in [-0.15, -0.1) is 0 Å². The predicted octanol–water partition coefficient (Wildman–Crippen LogP) is 2.47. The second-order valence-corrected chi connectivity index (χ2v) is 3.63. The summed E-state index contributed by atoms with van der Waals surface area (Å²) in [4.78, 5) is 10.9. The molecule has 0 atom stereocenters. The number of rotatable bonds is 3. The molecule has 0 spiro atoms. The molecular weight excluding hydrogens is 190 g/mol. The zero-order valence-corrected chi connectivity index (χ0v) is 9.00. The van der Waals surface area contributed by atoms with Crippen molar-refractivity contribution in [3.05, 3.63) is 35.9 Å². The highest BCUT2D eigenvalue weighted by atomic mass is 16.3. The fraction of sp³-hybridized carbons (Fsp3) is 0.250. The van der Waals surface area contributed by atoms with Crippen LogP contribution in [0.4, 0.5) is 5.69 Å². The minimum absolute atomic E-state index is 0.121. The highest BCUT2D eigenvalue weighted by molar-refractivity contribution is 5.90. The van der Waals surface area contributed by atoms with Gasteiger partial charge in [0.15, 0.2) is 0 Å². The van der Waals surface area contributed by atoms with Gasteiger partial charge in [0.1, 0.15) is 5.75 Å². The van der Waals surface area contributed by atoms with Crippen molar-refractivity contribution in [3.63, 3.8) is 0 Å². The molecule has 0 aliphatic rings. The molecule has 0 saturated carbocycles. The Balaban J connectivity index is 2.99. The third-order valence-corrected chi connectivity index (χ3v) is 1.92. The summed E-state index contributed by atoms with van der Waals surface area (Å²) in [6.45, 7) is 7.08. The quantitative estimate of drug-likeness (QED) is 0.588. The van der Waals surface area contributed by atoms with Gasteiger partial charge in [0.25, 0.3) is 0 Å². The second-order valence-electron chi connectivity index (χ2n) is 3.63. The molecule has 1 aromatic carbocycles. The van der Waals surface area contributed by atoms with Crippen LogP contribution in [0.1, 0.15) is 19.4 Å². The molecule has 0 bridgehead atoms. The number of hydrogen-bond donors (Lipinski definition) is 2. The predicted molar refractivity (Wildman–Crippen MR) is 60.9 cm³/mol. The van der Waals surface area contributed by atoms with Crippen LogP contribution in [0.3, 0.4) is 0 Å². The first kappa shape index (κ1) is 11.3. The van der Waals surface area contributed by atoms with Crippen LogP contribution in [0, 0.1) is 0 Å². The molecule has 15 heavy (non-hydrogen) atoms. The normalized spacial score (nSPS) is 9.73. The number of phenolic OH excluding ortho intramolecular Hbond substituents is 1. The molecule has 0 aliphatic carbocycles. The third kappa shape index (κ3) is 3.13. The third-order valence-electron chi connectivity index (χ3n) is 1.92. The number of nitrogens with one attached hydrogen (secondary N) is 1. The minimum Gasteiger partial charge on any atom is -0.505 e. The average Bonchev–Trinajstić information content (AvgIpc) is 2.10. The Morgan fingerprint density at radius 3 is 2.67 bits per heavy atom. The summed E-state index contributed by atoms with van der Waals surface area (Å²) in [7, 11) is 0. The van der Waals surface area contributed by atoms with Crippen LogP contribution in [0.2, 0.25) is 0 Å². The van der Waals surface area contributed by atoms with Gasteiger partial charge in [0.2, 0.25) is 5.91 Å². The van der Waals surface area contributed by atoms with Gasteiger partial charge in [-0.3, -0.25) is 4.79 Å². The molecule has 0 aliphatic heterocycles. The van der Waals surface area contributed by atoms with Gasteiger partial charge >= 0.3 is 0 Å². The Kier molecular flexibility index (Phi) is 3.50. The van der Waals surface area contributed by atoms with Gasteiger partial charge in [0.05, 0.1) is 5.69 Å². The number of benzene rings is 1. The molecule has 3 heteroatoms. The van der Waals surface area contributed by atoms with Crippen molar-refractivity contribution in [2.75, 3.05) is 5.32 Å². The first-order chi connectivity index (χ1) is 7.00. The van der Waals surface area contributed by atoms with Gasteiger partial charge in [-0.05, 0) is 19.4 Å². The van der Waals surface area contributed by atoms with E-state index in [1.165, 1.54) is 6.92 Å². The SMILES string of the molecule is C=C(C)Cc1cccc(NC(C)=O)c1O. The number of phenols is 1. The van der Waals surface area contributed by atoms with E-state index >= 15 is 0 Å². The van der Waals surface area contributed by atoms with E-state index in [9.17, 15) is 9.90 Å². The highest BCUT2D eigenvalue weighted by Gasteiger charge is 2.07. The summed E-state index contributed by atoms with van der Waals surface area (Å²) in [5.74, 6) is -0.0755. The van der Waals surface area contributed by atoms with Gasteiger partial charge in [0, 0.05) is 12.5 Å². The van der Waals surface area contributed by atoms with Crippen LogP contribution in [0.15, 0.2) is 30.4 Å². The molecule has 0 fully saturated rings. The van der Waals surface area contributed by atoms with Crippen molar-refractivity contribution >= 4 is 11.6 Å². The van der Waals surface area contributed by atoms with Crippen LogP contribution >= 0.6 is 0 Å². The van der Waals surface area contributed by atoms with Crippen molar-refractivity contribution in [2.45, 2.75) is 20.3 Å². The lowest BCUT2D eigenvalue weighted by atomic mass is 10.1. The van der Waals surface area contributed by atoms with Gasteiger partial charge in [-0.1, -0.05) is 24.3 Å². The molecule has 1 rings (SSSR count). The number of aromatic hydroxyl groups is 1. The molecule has 80 valence electrons. The van der Waals surface area contributed by atoms with Gasteiger partial charge in [-0.25, -0.2) is 0 Å². The number of para-hydroxylation sites is 1. The van der Waals surface area contributed by atoms with Crippen molar-refractivity contribution in [2.24, 2.45) is 0 Å². The van der Waals surface area contributed by atoms with Crippen LogP contribution in [-0.2, 0) is 11.2 Å². The molecule has 3 nitrogen and oxygen atoms in total. The Bertz CT molecular complexity index is 362. The van der Waals surface area contributed by atoms with Crippen LogP contribution in [0.25, 0.3) is 0 Å². The van der Waals surface area contributed by atoms with E-state index in [1.807, 2.05) is 13.0 Å². The summed E-state index contributed by atoms with van der Waals surface area (Å²) >= 11 is 0. The fourth-order valence-electron chi connectivity index (χ4n) is 1.35. The average molecular weight is 205 g/mol. The smallest absolute Gasteiger partial charge is 0.221 e. The zero-order chi connectivity index (χ0) is 11.4. The van der Waals surface area contributed by atoms with Crippen LogP contribution < -0.4 is 5.32 Å². The fourth-order valence-corrected chi connectivity index (χ4v) is 1.35. The number of carbonyl (C=O) groups excluding carboxylic acids is 1. The van der Waals surface area contributed by atoms with E-state index in [-0.39, 0.29) is 11.7 Å². The summed E-state index contributed by atoms with van der Waals surface area (Å²) in [6, 6.07) is 5.28. The molecule has 0 saturated heterocycles. The van der Waals surface area contributed by atoms with Gasteiger partial charge in [-0.2, -0.15) is 0 Å². The lowest BCUT2D eigenvalue weighted by molar-refractivity contribution is -0.114. The van der Waals surface area contributed by atoms with Crippen molar-refractivity contribution in [1.29, 1.82) is 0 Å². The molecule has 0 aromatic heterocycles. The first-order valence-electron chi connectivity index (χ1n) is 4.73. The lowest BCUT2D eigenvalue weighted by Gasteiger charge is -2.09. The molecular formula is C12H15NO2. The summed E-state index contributed by atoms with van der Waals surface area (Å²) < 4.78 is 0. The maximum atomic E-state index is 10.9. The Morgan fingerprint density at radius 1 is 1.47 bits per heavy atom. The zero-order valence-electron chi connectivity index (χ0n) is 9.00. The standard InChI is InChI=1S/C12H15NO2/c1-8(2)7-10-5-4-6-11(12(10)15)13-9(3)14/h4-6,15H,1,7H2,2-3H3,(H,13,14). The Labute approximate surface area is 89.4 Å². The lowest BCUT2D eigenvalue weighted by Crippen LogP contribution is -2.06. The van der Waals surface area contributed by atoms with Crippen LogP contribution in [-0.4, -0.2) is 11.0 Å². The van der Waals surface area contributed by atoms with E-state index in [4.69, 9.17) is 0 Å². The topological polar surface area (TPSA) is 49.3 Å². The highest BCUT2D eigenvalue weighted by Crippen LogP contribution is 2.28. The Hall–Kier alpha value is -1.77. The Morgan fingerprint density at radius 2 is 2.13 bits per heavy atom. The summed E-state index contributed by atoms with van der Waals surface area (Å²) in [6.07, 6.45) is 0.610. The number of carbonyl (C=O) groups is 1. The van der Waals surface area contributed by atoms with E-state index in [1.54, 1.807) is 12.1 Å². The minimum atomic E-state index is -0.197. The molecule has 1 aromatic rings. The largest absolute Gasteiger partial charge is 0.505 e. The second kappa shape index (κ2) is 4.64. The summed E-state index contributed by atoms with van der Waals surface area (Å²) in [5.41, 5.74) is 2.18. The molecule has 0 heterocycles. The molecule has 2 N–H and O–H groups in total. The van der Waals surface area contributed by atoms with E-state index in [0.717, 1.165) is 11.1 Å². The molecule has 0 radical (unpaired) electrons. The van der Waals surface area contributed by atoms with E-state index in [2.05, 4.69) is 11.9 Å². The molecule has 0 unspecified atom stereocenters. The number of hydrogen-bond acceptors (Lipinski definition) is 2. The van der Waals surface area contributed by atoms with E-state index < -0.39 is 0 Å². The van der Waals surface area contributed by atoms with Crippen molar-refractivity contribution in [3.8, 4) is 5.75 Å². The van der Waals surface area contributed by atoms with Crippen molar-refractivity contribution < 1.29 is 9.90 Å². The van der Waals surface area contributed by atoms with E-state index in [0.29, 0.717) is 12.1 Å². The van der Waals surface area contributed by atoms with Gasteiger partial charge < -0.3 is 10.4 Å². The summed E-state index contributed by atoms with van der Waals surface area (Å²) in [5, 5.41) is 12.4. The first-order valence-corrected chi connectivity index (χ1v) is 4.73. The number of allylic oxidation sites excluding steroid dienone is 1. The van der Waals surface area contributed by atoms with Crippen LogP contribution in [0.5, 0.6) is 5.75 Å².